The Morgan fingerprint density at radius 1 is 1.30 bits per heavy atom. The number of hydrogen-bond donors (Lipinski definition) is 3. The van der Waals surface area contributed by atoms with Crippen LogP contribution in [-0.2, 0) is 21.2 Å². The largest absolute Gasteiger partial charge is 0.345 e. The molecule has 11 heteroatoms. The number of pyridine rings is 1. The molecule has 154 valence electrons. The van der Waals surface area contributed by atoms with Crippen molar-refractivity contribution in [3.05, 3.63) is 59.5 Å². The number of aromatic amines is 1. The molecule has 0 spiro atoms. The number of sulfonamides is 1. The van der Waals surface area contributed by atoms with Crippen LogP contribution < -0.4 is 10.0 Å². The van der Waals surface area contributed by atoms with Crippen molar-refractivity contribution < 1.29 is 17.6 Å². The van der Waals surface area contributed by atoms with Crippen molar-refractivity contribution in [3.63, 3.8) is 0 Å². The van der Waals surface area contributed by atoms with E-state index in [9.17, 15) is 17.6 Å². The molecule has 8 nitrogen and oxygen atoms in total. The highest BCUT2D eigenvalue weighted by atomic mass is 32.2. The summed E-state index contributed by atoms with van der Waals surface area (Å²) in [7, 11) is -3.51. The number of halogens is 1. The average Bonchev–Trinajstić information content (AvgIpc) is 3.29. The highest BCUT2D eigenvalue weighted by molar-refractivity contribution is 7.92. The Balaban J connectivity index is 1.48. The second-order valence-electron chi connectivity index (χ2n) is 6.55. The highest BCUT2D eigenvalue weighted by Crippen LogP contribution is 2.30. The van der Waals surface area contributed by atoms with E-state index in [0.717, 1.165) is 28.9 Å². The predicted octanol–water partition coefficient (Wildman–Crippen LogP) is 3.38. The van der Waals surface area contributed by atoms with Gasteiger partial charge < -0.3 is 10.3 Å². The number of amides is 1. The fourth-order valence-corrected chi connectivity index (χ4v) is 4.23. The zero-order chi connectivity index (χ0) is 21.3. The fourth-order valence-electron chi connectivity index (χ4n) is 2.95. The molecule has 30 heavy (non-hydrogen) atoms. The van der Waals surface area contributed by atoms with E-state index in [-0.39, 0.29) is 17.7 Å². The summed E-state index contributed by atoms with van der Waals surface area (Å²) in [6.45, 7) is 0. The maximum atomic E-state index is 14.1. The van der Waals surface area contributed by atoms with Crippen LogP contribution in [0.15, 0.2) is 48.1 Å². The number of rotatable bonds is 6. The van der Waals surface area contributed by atoms with E-state index in [1.165, 1.54) is 23.5 Å². The van der Waals surface area contributed by atoms with Crippen molar-refractivity contribution in [3.8, 4) is 11.3 Å². The Kier molecular flexibility index (Phi) is 5.22. The number of carbonyl (C=O) groups excluding carboxylic acids is 1. The van der Waals surface area contributed by atoms with E-state index >= 15 is 0 Å². The zero-order valence-corrected chi connectivity index (χ0v) is 17.3. The van der Waals surface area contributed by atoms with E-state index in [1.54, 1.807) is 12.4 Å². The molecule has 0 bridgehead atoms. The Bertz CT molecular complexity index is 1350. The van der Waals surface area contributed by atoms with Gasteiger partial charge in [-0.3, -0.25) is 9.52 Å². The lowest BCUT2D eigenvalue weighted by atomic mass is 10.1. The molecular weight excluding hydrogens is 429 g/mol. The molecule has 0 atom stereocenters. The zero-order valence-electron chi connectivity index (χ0n) is 15.6. The van der Waals surface area contributed by atoms with E-state index in [4.69, 9.17) is 0 Å². The van der Waals surface area contributed by atoms with Crippen LogP contribution >= 0.6 is 11.3 Å². The summed E-state index contributed by atoms with van der Waals surface area (Å²) in [5.74, 6) is -1.07. The second-order valence-corrected chi connectivity index (χ2v) is 9.15. The number of benzene rings is 1. The third-order valence-electron chi connectivity index (χ3n) is 4.18. The topological polar surface area (TPSA) is 117 Å². The van der Waals surface area contributed by atoms with Crippen LogP contribution in [0.5, 0.6) is 0 Å². The number of H-pyrrole nitrogens is 1. The summed E-state index contributed by atoms with van der Waals surface area (Å²) >= 11 is 1.25. The Labute approximate surface area is 175 Å². The normalized spacial score (nSPS) is 11.5. The lowest BCUT2D eigenvalue weighted by Gasteiger charge is -2.08. The monoisotopic (exact) mass is 445 g/mol. The number of nitrogens with one attached hydrogen (secondary N) is 3. The SMILES string of the molecule is CS(=O)(=O)Nc1ccc(F)c(CC(=O)Nc2nc(-c3c[nH]c4ncccc34)cs2)c1. The van der Waals surface area contributed by atoms with Gasteiger partial charge in [0.15, 0.2) is 5.13 Å². The first-order valence-electron chi connectivity index (χ1n) is 8.72. The van der Waals surface area contributed by atoms with Gasteiger partial charge >= 0.3 is 0 Å². The van der Waals surface area contributed by atoms with Gasteiger partial charge in [0.05, 0.1) is 18.4 Å². The molecular formula is C19H16FN5O3S2. The molecule has 3 N–H and O–H groups in total. The first-order chi connectivity index (χ1) is 14.3. The molecule has 0 aliphatic carbocycles. The van der Waals surface area contributed by atoms with Crippen molar-refractivity contribution in [2.75, 3.05) is 16.3 Å². The minimum absolute atomic E-state index is 0.0700. The van der Waals surface area contributed by atoms with Gasteiger partial charge in [-0.1, -0.05) is 0 Å². The lowest BCUT2D eigenvalue weighted by molar-refractivity contribution is -0.115. The lowest BCUT2D eigenvalue weighted by Crippen LogP contribution is -2.16. The average molecular weight is 446 g/mol. The summed E-state index contributed by atoms with van der Waals surface area (Å²) in [6, 6.07) is 7.45. The molecule has 0 fully saturated rings. The van der Waals surface area contributed by atoms with Crippen LogP contribution in [0.3, 0.4) is 0 Å². The van der Waals surface area contributed by atoms with Gasteiger partial charge in [0.25, 0.3) is 0 Å². The molecule has 4 rings (SSSR count). The molecule has 0 saturated carbocycles. The molecule has 0 unspecified atom stereocenters. The summed E-state index contributed by atoms with van der Waals surface area (Å²) in [4.78, 5) is 24.1. The van der Waals surface area contributed by atoms with Crippen molar-refractivity contribution in [2.24, 2.45) is 0 Å². The molecule has 3 aromatic heterocycles. The van der Waals surface area contributed by atoms with Crippen molar-refractivity contribution in [1.29, 1.82) is 0 Å². The minimum Gasteiger partial charge on any atom is -0.345 e. The van der Waals surface area contributed by atoms with E-state index in [0.29, 0.717) is 10.8 Å². The summed E-state index contributed by atoms with van der Waals surface area (Å²) in [5, 5.41) is 5.75. The summed E-state index contributed by atoms with van der Waals surface area (Å²) in [5.41, 5.74) is 2.54. The third kappa shape index (κ3) is 4.47. The second kappa shape index (κ2) is 7.84. The molecule has 0 aliphatic heterocycles. The van der Waals surface area contributed by atoms with Gasteiger partial charge in [-0.15, -0.1) is 11.3 Å². The smallest absolute Gasteiger partial charge is 0.230 e. The number of thiazole rings is 1. The number of carbonyl (C=O) groups is 1. The van der Waals surface area contributed by atoms with Gasteiger partial charge in [-0.25, -0.2) is 22.8 Å². The summed E-state index contributed by atoms with van der Waals surface area (Å²) < 4.78 is 39.0. The van der Waals surface area contributed by atoms with E-state index < -0.39 is 21.7 Å². The molecule has 0 aliphatic rings. The van der Waals surface area contributed by atoms with Gasteiger partial charge in [-0.2, -0.15) is 0 Å². The van der Waals surface area contributed by atoms with E-state index in [2.05, 4.69) is 25.0 Å². The number of anilines is 2. The minimum atomic E-state index is -3.51. The Morgan fingerprint density at radius 2 is 2.13 bits per heavy atom. The molecule has 0 radical (unpaired) electrons. The van der Waals surface area contributed by atoms with Gasteiger partial charge in [0.2, 0.25) is 15.9 Å². The number of fused-ring (bicyclic) bond motifs is 1. The highest BCUT2D eigenvalue weighted by Gasteiger charge is 2.14. The molecule has 3 heterocycles. The van der Waals surface area contributed by atoms with Crippen LogP contribution in [0.1, 0.15) is 5.56 Å². The first kappa shape index (κ1) is 20.0. The maximum Gasteiger partial charge on any atom is 0.230 e. The predicted molar refractivity (Wildman–Crippen MR) is 114 cm³/mol. The molecule has 1 aromatic carbocycles. The summed E-state index contributed by atoms with van der Waals surface area (Å²) in [6.07, 6.45) is 4.21. The maximum absolute atomic E-state index is 14.1. The van der Waals surface area contributed by atoms with Crippen LogP contribution in [0.25, 0.3) is 22.3 Å². The van der Waals surface area contributed by atoms with Crippen LogP contribution in [0, 0.1) is 5.82 Å². The number of hydrogen-bond acceptors (Lipinski definition) is 6. The van der Waals surface area contributed by atoms with Crippen LogP contribution in [0.4, 0.5) is 15.2 Å². The first-order valence-corrected chi connectivity index (χ1v) is 11.5. The van der Waals surface area contributed by atoms with Crippen molar-refractivity contribution in [1.82, 2.24) is 15.0 Å². The van der Waals surface area contributed by atoms with Crippen LogP contribution in [0.2, 0.25) is 0 Å². The third-order valence-corrected chi connectivity index (χ3v) is 5.54. The Morgan fingerprint density at radius 3 is 2.93 bits per heavy atom. The van der Waals surface area contributed by atoms with Crippen LogP contribution in [-0.4, -0.2) is 35.5 Å². The van der Waals surface area contributed by atoms with Gasteiger partial charge in [0.1, 0.15) is 11.5 Å². The van der Waals surface area contributed by atoms with Gasteiger partial charge in [-0.05, 0) is 35.9 Å². The number of nitrogens with zero attached hydrogens (tertiary/aromatic N) is 2. The van der Waals surface area contributed by atoms with Gasteiger partial charge in [0, 0.05) is 34.4 Å². The van der Waals surface area contributed by atoms with Crippen molar-refractivity contribution in [2.45, 2.75) is 6.42 Å². The fraction of sp³-hybridized carbons (Fsp3) is 0.105. The Hall–Kier alpha value is -3.31. The van der Waals surface area contributed by atoms with Crippen molar-refractivity contribution >= 4 is 49.1 Å². The molecule has 1 amide bonds. The number of aromatic nitrogens is 3. The standard InChI is InChI=1S/C19H16FN5O3S2/c1-30(27,28)25-12-4-5-15(20)11(7-12)8-17(26)24-19-23-16(10-29-19)14-9-22-18-13(14)3-2-6-21-18/h2-7,9-10,25H,8H2,1H3,(H,21,22)(H,23,24,26). The quantitative estimate of drug-likeness (QED) is 0.421. The molecule has 0 saturated heterocycles. The van der Waals surface area contributed by atoms with E-state index in [1.807, 2.05) is 17.5 Å². The molecule has 4 aromatic rings.